The van der Waals surface area contributed by atoms with Gasteiger partial charge in [-0.2, -0.15) is 0 Å². The summed E-state index contributed by atoms with van der Waals surface area (Å²) in [6.45, 7) is 5.61. The maximum atomic E-state index is 12.8. The number of benzene rings is 2. The number of hydrogen-bond acceptors (Lipinski definition) is 2. The Balaban J connectivity index is 1.68. The van der Waals surface area contributed by atoms with Crippen molar-refractivity contribution in [3.05, 3.63) is 70.8 Å². The Labute approximate surface area is 173 Å². The third-order valence-corrected chi connectivity index (χ3v) is 5.78. The molecule has 2 unspecified atom stereocenters. The number of piperidine rings is 1. The SMILES string of the molecule is CCc1ccc(C(C)NC(=O)c2cccc(C3CCCN(C(=O)NC)C3)c2)cc1. The molecular weight excluding hydrogens is 362 g/mol. The molecule has 1 heterocycles. The second-order valence-electron chi connectivity index (χ2n) is 7.76. The highest BCUT2D eigenvalue weighted by Crippen LogP contribution is 2.27. The summed E-state index contributed by atoms with van der Waals surface area (Å²) in [5.74, 6) is 0.186. The van der Waals surface area contributed by atoms with Crippen molar-refractivity contribution in [1.29, 1.82) is 0 Å². The third-order valence-electron chi connectivity index (χ3n) is 5.78. The van der Waals surface area contributed by atoms with Crippen LogP contribution in [0.2, 0.25) is 0 Å². The molecule has 2 aromatic rings. The zero-order chi connectivity index (χ0) is 20.8. The highest BCUT2D eigenvalue weighted by Gasteiger charge is 2.24. The van der Waals surface area contributed by atoms with Gasteiger partial charge >= 0.3 is 6.03 Å². The quantitative estimate of drug-likeness (QED) is 0.797. The van der Waals surface area contributed by atoms with E-state index in [0.29, 0.717) is 12.1 Å². The van der Waals surface area contributed by atoms with Gasteiger partial charge < -0.3 is 15.5 Å². The Kier molecular flexibility index (Phi) is 6.91. The number of urea groups is 1. The average molecular weight is 394 g/mol. The molecule has 154 valence electrons. The van der Waals surface area contributed by atoms with Gasteiger partial charge in [-0.1, -0.05) is 43.3 Å². The van der Waals surface area contributed by atoms with E-state index in [4.69, 9.17) is 0 Å². The van der Waals surface area contributed by atoms with Gasteiger partial charge in [0, 0.05) is 31.6 Å². The minimum atomic E-state index is -0.0714. The largest absolute Gasteiger partial charge is 0.346 e. The van der Waals surface area contributed by atoms with Crippen LogP contribution in [-0.4, -0.2) is 37.0 Å². The fourth-order valence-electron chi connectivity index (χ4n) is 3.93. The Morgan fingerprint density at radius 3 is 2.62 bits per heavy atom. The van der Waals surface area contributed by atoms with Crippen molar-refractivity contribution < 1.29 is 9.59 Å². The van der Waals surface area contributed by atoms with Crippen LogP contribution in [0.3, 0.4) is 0 Å². The summed E-state index contributed by atoms with van der Waals surface area (Å²) in [7, 11) is 1.66. The molecule has 3 rings (SSSR count). The molecule has 2 N–H and O–H groups in total. The lowest BCUT2D eigenvalue weighted by Gasteiger charge is -2.32. The molecule has 1 aliphatic rings. The van der Waals surface area contributed by atoms with Crippen molar-refractivity contribution in [3.8, 4) is 0 Å². The van der Waals surface area contributed by atoms with Gasteiger partial charge in [0.1, 0.15) is 0 Å². The van der Waals surface area contributed by atoms with Gasteiger partial charge in [0.05, 0.1) is 6.04 Å². The Hall–Kier alpha value is -2.82. The lowest BCUT2D eigenvalue weighted by Crippen LogP contribution is -2.43. The number of carbonyl (C=O) groups excluding carboxylic acids is 2. The van der Waals surface area contributed by atoms with E-state index in [1.54, 1.807) is 7.05 Å². The van der Waals surface area contributed by atoms with Crippen molar-refractivity contribution in [3.63, 3.8) is 0 Å². The van der Waals surface area contributed by atoms with Gasteiger partial charge in [0.2, 0.25) is 0 Å². The van der Waals surface area contributed by atoms with Crippen molar-refractivity contribution in [2.45, 2.75) is 45.1 Å². The highest BCUT2D eigenvalue weighted by molar-refractivity contribution is 5.94. The third kappa shape index (κ3) is 5.17. The van der Waals surface area contributed by atoms with Gasteiger partial charge in [-0.3, -0.25) is 4.79 Å². The second-order valence-corrected chi connectivity index (χ2v) is 7.76. The van der Waals surface area contributed by atoms with Crippen LogP contribution in [0.4, 0.5) is 4.79 Å². The number of carbonyl (C=O) groups is 2. The minimum absolute atomic E-state index is 0.0356. The monoisotopic (exact) mass is 393 g/mol. The first-order valence-electron chi connectivity index (χ1n) is 10.5. The predicted molar refractivity (Wildman–Crippen MR) is 116 cm³/mol. The molecule has 0 spiro atoms. The molecule has 0 aliphatic carbocycles. The molecule has 0 aromatic heterocycles. The highest BCUT2D eigenvalue weighted by atomic mass is 16.2. The standard InChI is InChI=1S/C24H31N3O2/c1-4-18-10-12-19(13-11-18)17(2)26-23(28)21-8-5-7-20(15-21)22-9-6-14-27(16-22)24(29)25-3/h5,7-8,10-13,15,17,22H,4,6,9,14,16H2,1-3H3,(H,25,29)(H,26,28). The Bertz CT molecular complexity index is 847. The molecule has 29 heavy (non-hydrogen) atoms. The molecule has 0 radical (unpaired) electrons. The van der Waals surface area contributed by atoms with Gasteiger partial charge in [-0.25, -0.2) is 4.79 Å². The fourth-order valence-corrected chi connectivity index (χ4v) is 3.93. The van der Waals surface area contributed by atoms with Crippen LogP contribution in [-0.2, 0) is 6.42 Å². The van der Waals surface area contributed by atoms with Crippen molar-refractivity contribution in [1.82, 2.24) is 15.5 Å². The van der Waals surface area contributed by atoms with Crippen LogP contribution in [0, 0.1) is 0 Å². The van der Waals surface area contributed by atoms with Gasteiger partial charge in [-0.05, 0) is 55.0 Å². The van der Waals surface area contributed by atoms with E-state index in [-0.39, 0.29) is 23.9 Å². The number of rotatable bonds is 5. The van der Waals surface area contributed by atoms with Crippen LogP contribution in [0.25, 0.3) is 0 Å². The molecule has 5 heteroatoms. The molecule has 2 atom stereocenters. The van der Waals surface area contributed by atoms with E-state index in [1.165, 1.54) is 5.56 Å². The summed E-state index contributed by atoms with van der Waals surface area (Å²) < 4.78 is 0. The Morgan fingerprint density at radius 1 is 1.17 bits per heavy atom. The lowest BCUT2D eigenvalue weighted by molar-refractivity contribution is 0.0939. The van der Waals surface area contributed by atoms with Crippen LogP contribution >= 0.6 is 0 Å². The van der Waals surface area contributed by atoms with Crippen molar-refractivity contribution in [2.24, 2.45) is 0 Å². The lowest BCUT2D eigenvalue weighted by atomic mass is 9.89. The van der Waals surface area contributed by atoms with Gasteiger partial charge in [0.25, 0.3) is 5.91 Å². The first-order chi connectivity index (χ1) is 14.0. The van der Waals surface area contributed by atoms with Gasteiger partial charge in [0.15, 0.2) is 0 Å². The van der Waals surface area contributed by atoms with E-state index in [2.05, 4.69) is 47.9 Å². The van der Waals surface area contributed by atoms with Crippen molar-refractivity contribution >= 4 is 11.9 Å². The topological polar surface area (TPSA) is 61.4 Å². The Morgan fingerprint density at radius 2 is 1.93 bits per heavy atom. The molecule has 5 nitrogen and oxygen atoms in total. The molecule has 1 saturated heterocycles. The summed E-state index contributed by atoms with van der Waals surface area (Å²) in [6, 6.07) is 16.1. The summed E-state index contributed by atoms with van der Waals surface area (Å²) in [5.41, 5.74) is 4.17. The smallest absolute Gasteiger partial charge is 0.317 e. The molecule has 1 fully saturated rings. The van der Waals surface area contributed by atoms with Crippen LogP contribution in [0.1, 0.15) is 65.7 Å². The maximum Gasteiger partial charge on any atom is 0.317 e. The molecular formula is C24H31N3O2. The van der Waals surface area contributed by atoms with Crippen LogP contribution < -0.4 is 10.6 Å². The van der Waals surface area contributed by atoms with E-state index in [1.807, 2.05) is 30.0 Å². The number of amides is 3. The zero-order valence-corrected chi connectivity index (χ0v) is 17.6. The molecule has 2 aromatic carbocycles. The van der Waals surface area contributed by atoms with E-state index < -0.39 is 0 Å². The number of aryl methyl sites for hydroxylation is 1. The number of likely N-dealkylation sites (tertiary alicyclic amines) is 1. The fraction of sp³-hybridized carbons (Fsp3) is 0.417. The molecule has 1 aliphatic heterocycles. The average Bonchev–Trinajstić information content (AvgIpc) is 2.78. The van der Waals surface area contributed by atoms with E-state index in [9.17, 15) is 9.59 Å². The second kappa shape index (κ2) is 9.59. The first kappa shape index (κ1) is 20.9. The van der Waals surface area contributed by atoms with E-state index >= 15 is 0 Å². The molecule has 3 amide bonds. The van der Waals surface area contributed by atoms with Crippen LogP contribution in [0.15, 0.2) is 48.5 Å². The van der Waals surface area contributed by atoms with Crippen molar-refractivity contribution in [2.75, 3.05) is 20.1 Å². The number of nitrogens with one attached hydrogen (secondary N) is 2. The number of hydrogen-bond donors (Lipinski definition) is 2. The first-order valence-corrected chi connectivity index (χ1v) is 10.5. The predicted octanol–water partition coefficient (Wildman–Crippen LogP) is 4.26. The zero-order valence-electron chi connectivity index (χ0n) is 17.6. The maximum absolute atomic E-state index is 12.8. The minimum Gasteiger partial charge on any atom is -0.346 e. The molecule has 0 bridgehead atoms. The molecule has 0 saturated carbocycles. The van der Waals surface area contributed by atoms with Crippen LogP contribution in [0.5, 0.6) is 0 Å². The van der Waals surface area contributed by atoms with Gasteiger partial charge in [-0.15, -0.1) is 0 Å². The number of nitrogens with zero attached hydrogens (tertiary/aromatic N) is 1. The normalized spacial score (nSPS) is 17.5. The van der Waals surface area contributed by atoms with E-state index in [0.717, 1.165) is 36.9 Å². The summed E-state index contributed by atoms with van der Waals surface area (Å²) in [6.07, 6.45) is 3.00. The summed E-state index contributed by atoms with van der Waals surface area (Å²) in [4.78, 5) is 26.6. The summed E-state index contributed by atoms with van der Waals surface area (Å²) >= 11 is 0. The summed E-state index contributed by atoms with van der Waals surface area (Å²) in [5, 5.41) is 5.81.